The molecule has 34 heavy (non-hydrogen) atoms. The number of halogens is 1. The first-order chi connectivity index (χ1) is 16.5. The molecular formula is C25H22ClN3O3S2. The van der Waals surface area contributed by atoms with Gasteiger partial charge in [-0.2, -0.15) is 11.3 Å². The highest BCUT2D eigenvalue weighted by molar-refractivity contribution is 8.01. The molecule has 6 nitrogen and oxygen atoms in total. The summed E-state index contributed by atoms with van der Waals surface area (Å²) in [5, 5.41) is 9.75. The SMILES string of the molecule is O=C(NC(C1CC1)C1(c2ccsc2)CC(=O)C(Sc2ccccc2Cl)C(=O)N1)c1ccccn1. The van der Waals surface area contributed by atoms with Crippen molar-refractivity contribution in [3.05, 3.63) is 81.8 Å². The molecule has 2 amide bonds. The molecule has 2 aliphatic rings. The molecule has 1 aromatic carbocycles. The molecule has 5 rings (SSSR count). The number of thiophene rings is 1. The van der Waals surface area contributed by atoms with Gasteiger partial charge in [0, 0.05) is 17.5 Å². The van der Waals surface area contributed by atoms with Gasteiger partial charge in [-0.25, -0.2) is 0 Å². The maximum Gasteiger partial charge on any atom is 0.270 e. The van der Waals surface area contributed by atoms with Gasteiger partial charge in [0.25, 0.3) is 5.91 Å². The Morgan fingerprint density at radius 3 is 2.62 bits per heavy atom. The lowest BCUT2D eigenvalue weighted by Crippen LogP contribution is -2.66. The summed E-state index contributed by atoms with van der Waals surface area (Å²) in [5.41, 5.74) is 0.116. The Morgan fingerprint density at radius 1 is 1.18 bits per heavy atom. The fourth-order valence-electron chi connectivity index (χ4n) is 4.47. The summed E-state index contributed by atoms with van der Waals surface area (Å²) in [6.07, 6.45) is 3.49. The van der Waals surface area contributed by atoms with E-state index in [1.807, 2.05) is 22.9 Å². The van der Waals surface area contributed by atoms with Crippen LogP contribution in [0.25, 0.3) is 0 Å². The predicted octanol–water partition coefficient (Wildman–Crippen LogP) is 4.45. The molecule has 3 atom stereocenters. The Kier molecular flexibility index (Phi) is 6.46. The second-order valence-corrected chi connectivity index (χ2v) is 10.9. The highest BCUT2D eigenvalue weighted by Gasteiger charge is 2.55. The van der Waals surface area contributed by atoms with Crippen molar-refractivity contribution in [1.29, 1.82) is 0 Å². The van der Waals surface area contributed by atoms with E-state index >= 15 is 0 Å². The van der Waals surface area contributed by atoms with Gasteiger partial charge in [-0.1, -0.05) is 29.8 Å². The maximum atomic E-state index is 13.5. The molecule has 3 heterocycles. The summed E-state index contributed by atoms with van der Waals surface area (Å²) in [4.78, 5) is 44.8. The normalized spacial score (nSPS) is 23.3. The smallest absolute Gasteiger partial charge is 0.270 e. The average molecular weight is 512 g/mol. The van der Waals surface area contributed by atoms with Crippen LogP contribution in [-0.2, 0) is 15.1 Å². The number of hydrogen-bond acceptors (Lipinski definition) is 6. The summed E-state index contributed by atoms with van der Waals surface area (Å²) in [6, 6.07) is 13.8. The summed E-state index contributed by atoms with van der Waals surface area (Å²) >= 11 is 8.93. The van der Waals surface area contributed by atoms with Gasteiger partial charge in [0.1, 0.15) is 10.9 Å². The van der Waals surface area contributed by atoms with Gasteiger partial charge in [0.15, 0.2) is 5.78 Å². The zero-order chi connectivity index (χ0) is 23.7. The van der Waals surface area contributed by atoms with Crippen LogP contribution in [0, 0.1) is 5.92 Å². The number of nitrogens with zero attached hydrogens (tertiary/aromatic N) is 1. The minimum Gasteiger partial charge on any atom is -0.345 e. The van der Waals surface area contributed by atoms with Gasteiger partial charge < -0.3 is 10.6 Å². The van der Waals surface area contributed by atoms with Crippen LogP contribution in [0.4, 0.5) is 0 Å². The molecule has 3 aromatic rings. The van der Waals surface area contributed by atoms with Gasteiger partial charge in [-0.15, -0.1) is 11.8 Å². The van der Waals surface area contributed by atoms with Gasteiger partial charge >= 0.3 is 0 Å². The zero-order valence-corrected chi connectivity index (χ0v) is 20.5. The number of carbonyl (C=O) groups excluding carboxylic acids is 3. The molecule has 1 aliphatic heterocycles. The van der Waals surface area contributed by atoms with Crippen LogP contribution >= 0.6 is 34.7 Å². The second-order valence-electron chi connectivity index (χ2n) is 8.55. The van der Waals surface area contributed by atoms with Crippen LogP contribution < -0.4 is 10.6 Å². The van der Waals surface area contributed by atoms with Crippen molar-refractivity contribution >= 4 is 52.3 Å². The molecule has 2 aromatic heterocycles. The van der Waals surface area contributed by atoms with Crippen LogP contribution in [-0.4, -0.2) is 33.9 Å². The number of pyridine rings is 1. The largest absolute Gasteiger partial charge is 0.345 e. The molecule has 0 bridgehead atoms. The Morgan fingerprint density at radius 2 is 1.97 bits per heavy atom. The number of nitrogens with one attached hydrogen (secondary N) is 2. The number of thioether (sulfide) groups is 1. The van der Waals surface area contributed by atoms with Crippen molar-refractivity contribution < 1.29 is 14.4 Å². The Hall–Kier alpha value is -2.68. The molecule has 2 N–H and O–H groups in total. The van der Waals surface area contributed by atoms with Crippen LogP contribution in [0.3, 0.4) is 0 Å². The summed E-state index contributed by atoms with van der Waals surface area (Å²) in [6.45, 7) is 0. The number of amides is 2. The number of benzene rings is 1. The number of carbonyl (C=O) groups is 3. The summed E-state index contributed by atoms with van der Waals surface area (Å²) < 4.78 is 0. The van der Waals surface area contributed by atoms with Crippen molar-refractivity contribution in [1.82, 2.24) is 15.6 Å². The zero-order valence-electron chi connectivity index (χ0n) is 18.1. The van der Waals surface area contributed by atoms with E-state index in [0.717, 1.165) is 30.2 Å². The fourth-order valence-corrected chi connectivity index (χ4v) is 6.46. The number of hydrogen-bond donors (Lipinski definition) is 2. The molecule has 2 fully saturated rings. The molecule has 3 unspecified atom stereocenters. The van der Waals surface area contributed by atoms with E-state index in [4.69, 9.17) is 11.6 Å². The lowest BCUT2D eigenvalue weighted by Gasteiger charge is -2.45. The topological polar surface area (TPSA) is 88.2 Å². The van der Waals surface area contributed by atoms with Crippen LogP contribution in [0.15, 0.2) is 70.4 Å². The monoisotopic (exact) mass is 511 g/mol. The molecule has 1 saturated carbocycles. The van der Waals surface area contributed by atoms with E-state index in [0.29, 0.717) is 15.6 Å². The van der Waals surface area contributed by atoms with Crippen LogP contribution in [0.5, 0.6) is 0 Å². The van der Waals surface area contributed by atoms with E-state index in [9.17, 15) is 14.4 Å². The number of Topliss-reactive ketones (excluding diaryl/α,β-unsaturated/α-hetero) is 1. The highest BCUT2D eigenvalue weighted by atomic mass is 35.5. The van der Waals surface area contributed by atoms with Crippen molar-refractivity contribution in [3.63, 3.8) is 0 Å². The first kappa shape index (κ1) is 23.1. The molecule has 0 radical (unpaired) electrons. The van der Waals surface area contributed by atoms with Gasteiger partial charge in [-0.3, -0.25) is 19.4 Å². The van der Waals surface area contributed by atoms with E-state index in [1.54, 1.807) is 42.6 Å². The number of rotatable bonds is 7. The van der Waals surface area contributed by atoms with E-state index in [-0.39, 0.29) is 29.9 Å². The lowest BCUT2D eigenvalue weighted by molar-refractivity contribution is -0.134. The van der Waals surface area contributed by atoms with Gasteiger partial charge in [-0.05, 0) is 65.4 Å². The summed E-state index contributed by atoms with van der Waals surface area (Å²) in [7, 11) is 0. The molecule has 174 valence electrons. The van der Waals surface area contributed by atoms with Crippen molar-refractivity contribution in [3.8, 4) is 0 Å². The standard InChI is InChI=1S/C25H22ClN3O3S2/c26-17-5-1-2-7-20(17)34-21-19(30)13-25(29-24(21)32,16-10-12-33-14-16)22(15-8-9-15)28-23(31)18-6-3-4-11-27-18/h1-7,10-12,14-15,21-22H,8-9,13H2,(H,28,31)(H,29,32). The van der Waals surface area contributed by atoms with Gasteiger partial charge in [0.05, 0.1) is 16.6 Å². The Balaban J connectivity index is 1.47. The number of piperidine rings is 1. The van der Waals surface area contributed by atoms with E-state index in [2.05, 4.69) is 15.6 Å². The third kappa shape index (κ3) is 4.50. The second kappa shape index (κ2) is 9.52. The maximum absolute atomic E-state index is 13.5. The van der Waals surface area contributed by atoms with Crippen molar-refractivity contribution in [2.45, 2.75) is 41.0 Å². The molecular weight excluding hydrogens is 490 g/mol. The quantitative estimate of drug-likeness (QED) is 0.457. The molecule has 0 spiro atoms. The fraction of sp³-hybridized carbons (Fsp3) is 0.280. The molecule has 1 aliphatic carbocycles. The average Bonchev–Trinajstić information content (AvgIpc) is 3.52. The minimum absolute atomic E-state index is 0.0846. The highest BCUT2D eigenvalue weighted by Crippen LogP contribution is 2.46. The van der Waals surface area contributed by atoms with Gasteiger partial charge in [0.2, 0.25) is 5.91 Å². The third-order valence-electron chi connectivity index (χ3n) is 6.26. The molecule has 9 heteroatoms. The third-order valence-corrected chi connectivity index (χ3v) is 8.70. The first-order valence-corrected chi connectivity index (χ1v) is 13.2. The minimum atomic E-state index is -1.02. The Labute approximate surface area is 210 Å². The van der Waals surface area contributed by atoms with Crippen LogP contribution in [0.2, 0.25) is 5.02 Å². The summed E-state index contributed by atoms with van der Waals surface area (Å²) in [5.74, 6) is -0.711. The van der Waals surface area contributed by atoms with E-state index < -0.39 is 16.8 Å². The van der Waals surface area contributed by atoms with E-state index in [1.165, 1.54) is 11.3 Å². The Bertz CT molecular complexity index is 1200. The lowest BCUT2D eigenvalue weighted by atomic mass is 9.74. The number of aromatic nitrogens is 1. The predicted molar refractivity (Wildman–Crippen MR) is 133 cm³/mol. The van der Waals surface area contributed by atoms with Crippen molar-refractivity contribution in [2.24, 2.45) is 5.92 Å². The van der Waals surface area contributed by atoms with Crippen molar-refractivity contribution in [2.75, 3.05) is 0 Å². The number of ketones is 1. The van der Waals surface area contributed by atoms with Crippen LogP contribution in [0.1, 0.15) is 35.3 Å². The molecule has 1 saturated heterocycles. The first-order valence-electron chi connectivity index (χ1n) is 11.0.